The number of thiol groups is 1. The molecule has 0 aliphatic carbocycles. The van der Waals surface area contributed by atoms with E-state index < -0.39 is 18.0 Å². The molecule has 1 amide bonds. The predicted octanol–water partition coefficient (Wildman–Crippen LogP) is -1.85. The fraction of sp³-hybridized carbons (Fsp3) is 0.500. The van der Waals surface area contributed by atoms with Crippen molar-refractivity contribution in [3.05, 3.63) is 0 Å². The normalized spacial score (nSPS) is 10.4. The van der Waals surface area contributed by atoms with Crippen molar-refractivity contribution in [2.45, 2.75) is 6.04 Å². The third-order valence-corrected chi connectivity index (χ3v) is 1.24. The Balaban J connectivity index is 0. The van der Waals surface area contributed by atoms with Gasteiger partial charge in [0.1, 0.15) is 12.6 Å². The summed E-state index contributed by atoms with van der Waals surface area (Å²) < 4.78 is 0. The summed E-state index contributed by atoms with van der Waals surface area (Å²) >= 11 is 3.65. The van der Waals surface area contributed by atoms with Gasteiger partial charge in [-0.3, -0.25) is 14.4 Å². The van der Waals surface area contributed by atoms with E-state index >= 15 is 0 Å². The van der Waals surface area contributed by atoms with Crippen LogP contribution in [-0.4, -0.2) is 46.9 Å². The molecule has 0 heterocycles. The van der Waals surface area contributed by atoms with Gasteiger partial charge in [-0.1, -0.05) is 0 Å². The first-order valence-corrected chi connectivity index (χ1v) is 4.07. The Morgan fingerprint density at radius 3 is 2.07 bits per heavy atom. The van der Waals surface area contributed by atoms with Crippen molar-refractivity contribution in [2.75, 3.05) is 12.3 Å². The van der Waals surface area contributed by atoms with E-state index in [4.69, 9.17) is 15.9 Å². The lowest BCUT2D eigenvalue weighted by atomic mass is 10.4. The van der Waals surface area contributed by atoms with E-state index in [9.17, 15) is 14.4 Å². The Kier molecular flexibility index (Phi) is 10.6. The van der Waals surface area contributed by atoms with Gasteiger partial charge in [-0.05, 0) is 0 Å². The zero-order valence-corrected chi connectivity index (χ0v) is 8.11. The van der Waals surface area contributed by atoms with Crippen LogP contribution >= 0.6 is 12.6 Å². The second-order valence-corrected chi connectivity index (χ2v) is 2.38. The first kappa shape index (κ1) is 15.2. The van der Waals surface area contributed by atoms with Gasteiger partial charge in [-0.15, -0.1) is 0 Å². The Labute approximate surface area is 85.7 Å². The number of amides is 1. The number of nitrogens with two attached hydrogens (primary N) is 1. The minimum absolute atomic E-state index is 0.190. The Bertz CT molecular complexity index is 199. The van der Waals surface area contributed by atoms with E-state index in [1.54, 1.807) is 0 Å². The van der Waals surface area contributed by atoms with Crippen LogP contribution in [0.15, 0.2) is 0 Å². The fourth-order valence-corrected chi connectivity index (χ4v) is 0.363. The molecule has 8 heteroatoms. The lowest BCUT2D eigenvalue weighted by molar-refractivity contribution is -0.138. The third-order valence-electron chi connectivity index (χ3n) is 0.851. The molecule has 0 aromatic rings. The van der Waals surface area contributed by atoms with Crippen molar-refractivity contribution < 1.29 is 24.6 Å². The summed E-state index contributed by atoms with van der Waals surface area (Å²) in [4.78, 5) is 28.6. The van der Waals surface area contributed by atoms with E-state index in [-0.39, 0.29) is 12.3 Å². The molecule has 0 unspecified atom stereocenters. The molecule has 0 aliphatic heterocycles. The van der Waals surface area contributed by atoms with Crippen LogP contribution in [0, 0.1) is 0 Å². The molecule has 0 spiro atoms. The number of carboxylic acids is 2. The number of carboxylic acid groups (broad SMARTS) is 2. The van der Waals surface area contributed by atoms with Gasteiger partial charge in [-0.25, -0.2) is 0 Å². The summed E-state index contributed by atoms with van der Waals surface area (Å²) in [6, 6.07) is -0.816. The summed E-state index contributed by atoms with van der Waals surface area (Å²) in [6.45, 7) is -0.302. The van der Waals surface area contributed by atoms with Crippen molar-refractivity contribution in [1.29, 1.82) is 0 Å². The Morgan fingerprint density at radius 1 is 1.50 bits per heavy atom. The largest absolute Gasteiger partial charge is 0.480 e. The van der Waals surface area contributed by atoms with Crippen LogP contribution in [0.1, 0.15) is 0 Å². The number of carbonyl (C=O) groups excluding carboxylic acids is 1. The minimum atomic E-state index is -1.04. The summed E-state index contributed by atoms with van der Waals surface area (Å²) in [5, 5.41) is 17.8. The number of nitrogens with one attached hydrogen (secondary N) is 1. The summed E-state index contributed by atoms with van der Waals surface area (Å²) in [5.41, 5.74) is 4.94. The molecular formula is C6H12N2O5S. The Morgan fingerprint density at radius 2 is 2.00 bits per heavy atom. The molecular weight excluding hydrogens is 212 g/mol. The summed E-state index contributed by atoms with van der Waals surface area (Å²) in [5.74, 6) is -1.85. The second-order valence-electron chi connectivity index (χ2n) is 2.02. The van der Waals surface area contributed by atoms with Gasteiger partial charge in [0, 0.05) is 5.75 Å². The van der Waals surface area contributed by atoms with Gasteiger partial charge in [0.05, 0.1) is 0 Å². The van der Waals surface area contributed by atoms with Crippen molar-refractivity contribution in [2.24, 2.45) is 5.73 Å². The molecule has 0 aliphatic rings. The van der Waals surface area contributed by atoms with Crippen molar-refractivity contribution in [3.63, 3.8) is 0 Å². The van der Waals surface area contributed by atoms with E-state index in [2.05, 4.69) is 12.6 Å². The van der Waals surface area contributed by atoms with Gasteiger partial charge < -0.3 is 21.3 Å². The van der Waals surface area contributed by atoms with Gasteiger partial charge in [0.2, 0.25) is 6.41 Å². The zero-order valence-electron chi connectivity index (χ0n) is 7.21. The standard InChI is InChI=1S/C3H5NO3.C3H7NO2S/c5-2-4-1-3(6)7;4-2(1-7)3(5)6/h2H,1H2,(H,4,5)(H,6,7);2,7H,1,4H2,(H,5,6)/t;2-/m.0/s1. The van der Waals surface area contributed by atoms with Gasteiger partial charge in [0.15, 0.2) is 0 Å². The van der Waals surface area contributed by atoms with Crippen LogP contribution in [0.3, 0.4) is 0 Å². The van der Waals surface area contributed by atoms with Gasteiger partial charge >= 0.3 is 11.9 Å². The summed E-state index contributed by atoms with van der Waals surface area (Å²) in [7, 11) is 0. The van der Waals surface area contributed by atoms with Crippen LogP contribution < -0.4 is 11.1 Å². The van der Waals surface area contributed by atoms with Crippen LogP contribution in [0.4, 0.5) is 0 Å². The van der Waals surface area contributed by atoms with E-state index in [1.165, 1.54) is 0 Å². The molecule has 0 fully saturated rings. The number of hydrogen-bond donors (Lipinski definition) is 5. The maximum atomic E-state index is 9.76. The van der Waals surface area contributed by atoms with Crippen LogP contribution in [0.25, 0.3) is 0 Å². The molecule has 14 heavy (non-hydrogen) atoms. The topological polar surface area (TPSA) is 130 Å². The molecule has 0 rings (SSSR count). The SMILES string of the molecule is N[C@@H](CS)C(=O)O.O=CNCC(=O)O. The van der Waals surface area contributed by atoms with Crippen LogP contribution in [0.5, 0.6) is 0 Å². The molecule has 0 saturated carbocycles. The molecule has 1 atom stereocenters. The van der Waals surface area contributed by atoms with E-state index in [0.29, 0.717) is 6.41 Å². The van der Waals surface area contributed by atoms with Crippen LogP contribution in [-0.2, 0) is 14.4 Å². The lowest BCUT2D eigenvalue weighted by Crippen LogP contribution is -2.31. The smallest absolute Gasteiger partial charge is 0.322 e. The highest BCUT2D eigenvalue weighted by Crippen LogP contribution is 1.80. The first-order valence-electron chi connectivity index (χ1n) is 3.43. The highest BCUT2D eigenvalue weighted by atomic mass is 32.1. The zero-order chi connectivity index (χ0) is 11.6. The molecule has 0 bridgehead atoms. The number of carbonyl (C=O) groups is 3. The molecule has 5 N–H and O–H groups in total. The quantitative estimate of drug-likeness (QED) is 0.275. The highest BCUT2D eigenvalue weighted by molar-refractivity contribution is 7.80. The molecule has 0 aromatic carbocycles. The average Bonchev–Trinajstić information content (AvgIpc) is 2.14. The highest BCUT2D eigenvalue weighted by Gasteiger charge is 2.06. The number of aliphatic carboxylic acids is 2. The van der Waals surface area contributed by atoms with Crippen LogP contribution in [0.2, 0.25) is 0 Å². The molecule has 82 valence electrons. The third kappa shape index (κ3) is 13.3. The number of hydrogen-bond acceptors (Lipinski definition) is 5. The van der Waals surface area contributed by atoms with Gasteiger partial charge in [-0.2, -0.15) is 12.6 Å². The summed E-state index contributed by atoms with van der Waals surface area (Å²) in [6.07, 6.45) is 0.341. The molecule has 7 nitrogen and oxygen atoms in total. The maximum Gasteiger partial charge on any atom is 0.322 e. The van der Waals surface area contributed by atoms with Crippen molar-refractivity contribution in [1.82, 2.24) is 5.32 Å². The fourth-order valence-electron chi connectivity index (χ4n) is 0.207. The second kappa shape index (κ2) is 9.81. The van der Waals surface area contributed by atoms with E-state index in [0.717, 1.165) is 0 Å². The maximum absolute atomic E-state index is 9.76. The molecule has 0 aromatic heterocycles. The minimum Gasteiger partial charge on any atom is -0.480 e. The monoisotopic (exact) mass is 224 g/mol. The van der Waals surface area contributed by atoms with Crippen molar-refractivity contribution >= 4 is 31.0 Å². The molecule has 0 radical (unpaired) electrons. The lowest BCUT2D eigenvalue weighted by Gasteiger charge is -1.96. The van der Waals surface area contributed by atoms with Gasteiger partial charge in [0.25, 0.3) is 0 Å². The first-order chi connectivity index (χ1) is 6.45. The molecule has 0 saturated heterocycles. The number of rotatable bonds is 5. The van der Waals surface area contributed by atoms with Crippen molar-refractivity contribution in [3.8, 4) is 0 Å². The Hall–Kier alpha value is -1.28. The average molecular weight is 224 g/mol. The van der Waals surface area contributed by atoms with E-state index in [1.807, 2.05) is 5.32 Å². The predicted molar refractivity (Wildman–Crippen MR) is 51.2 cm³/mol.